The summed E-state index contributed by atoms with van der Waals surface area (Å²) in [6.07, 6.45) is 2.62. The number of carboxylic acid groups (broad SMARTS) is 1. The van der Waals surface area contributed by atoms with E-state index in [1.165, 1.54) is 18.2 Å². The maximum absolute atomic E-state index is 12.2. The predicted octanol–water partition coefficient (Wildman–Crippen LogP) is 2.84. The fraction of sp³-hybridized carbons (Fsp3) is 0.462. The van der Waals surface area contributed by atoms with Gasteiger partial charge in [-0.3, -0.25) is 4.79 Å². The lowest BCUT2D eigenvalue weighted by molar-refractivity contribution is -0.141. The van der Waals surface area contributed by atoms with Crippen LogP contribution < -0.4 is 10.5 Å². The maximum atomic E-state index is 12.2. The first-order valence-electron chi connectivity index (χ1n) is 6.06. The molecule has 0 radical (unpaired) electrons. The van der Waals surface area contributed by atoms with E-state index in [2.05, 4.69) is 4.74 Å². The number of hydrogen-bond acceptors (Lipinski definition) is 3. The molecule has 0 heterocycles. The van der Waals surface area contributed by atoms with Gasteiger partial charge in [-0.15, -0.1) is 0 Å². The van der Waals surface area contributed by atoms with Crippen LogP contribution in [-0.4, -0.2) is 17.7 Å². The van der Waals surface area contributed by atoms with E-state index in [4.69, 9.17) is 5.73 Å². The molecule has 4 nitrogen and oxygen atoms in total. The Morgan fingerprint density at radius 1 is 1.42 bits per heavy atom. The van der Waals surface area contributed by atoms with Gasteiger partial charge in [-0.2, -0.15) is 8.78 Å². The molecule has 19 heavy (non-hydrogen) atoms. The second-order valence-electron chi connectivity index (χ2n) is 4.68. The Hall–Kier alpha value is -1.85. The summed E-state index contributed by atoms with van der Waals surface area (Å²) in [5.41, 5.74) is 6.42. The van der Waals surface area contributed by atoms with Crippen molar-refractivity contribution in [1.29, 1.82) is 0 Å². The lowest BCUT2D eigenvalue weighted by Crippen LogP contribution is -2.27. The molecule has 104 valence electrons. The van der Waals surface area contributed by atoms with E-state index >= 15 is 0 Å². The molecule has 1 aliphatic rings. The average Bonchev–Trinajstić information content (AvgIpc) is 2.25. The zero-order valence-corrected chi connectivity index (χ0v) is 10.2. The standard InChI is InChI=1S/C13H15F2NO3/c14-13(15)19-8-4-5-10(16)9(6-8)11(12(17)18)7-2-1-3-7/h4-7,11,13H,1-3,16H2,(H,17,18). The Bertz CT molecular complexity index is 475. The molecule has 1 aromatic rings. The first-order chi connectivity index (χ1) is 8.99. The van der Waals surface area contributed by atoms with Crippen molar-refractivity contribution in [3.63, 3.8) is 0 Å². The van der Waals surface area contributed by atoms with Crippen molar-refractivity contribution < 1.29 is 23.4 Å². The molecular formula is C13H15F2NO3. The van der Waals surface area contributed by atoms with Crippen molar-refractivity contribution in [1.82, 2.24) is 0 Å². The fourth-order valence-electron chi connectivity index (χ4n) is 2.36. The molecule has 1 aliphatic carbocycles. The summed E-state index contributed by atoms with van der Waals surface area (Å²) in [4.78, 5) is 11.4. The van der Waals surface area contributed by atoms with E-state index < -0.39 is 18.5 Å². The highest BCUT2D eigenvalue weighted by Gasteiger charge is 2.35. The van der Waals surface area contributed by atoms with Crippen molar-refractivity contribution in [2.24, 2.45) is 5.92 Å². The van der Waals surface area contributed by atoms with Crippen molar-refractivity contribution >= 4 is 11.7 Å². The SMILES string of the molecule is Nc1ccc(OC(F)F)cc1C(C(=O)O)C1CCC1. The van der Waals surface area contributed by atoms with Gasteiger partial charge in [0.15, 0.2) is 0 Å². The number of nitrogen functional groups attached to an aromatic ring is 1. The molecular weight excluding hydrogens is 256 g/mol. The number of aliphatic carboxylic acids is 1. The van der Waals surface area contributed by atoms with Crippen LogP contribution in [0.15, 0.2) is 18.2 Å². The maximum Gasteiger partial charge on any atom is 0.387 e. The van der Waals surface area contributed by atoms with Crippen LogP contribution in [0.25, 0.3) is 0 Å². The first kappa shape index (κ1) is 13.6. The van der Waals surface area contributed by atoms with Gasteiger partial charge < -0.3 is 15.6 Å². The summed E-state index contributed by atoms with van der Waals surface area (Å²) in [5, 5.41) is 9.31. The fourth-order valence-corrected chi connectivity index (χ4v) is 2.36. The second-order valence-corrected chi connectivity index (χ2v) is 4.68. The Morgan fingerprint density at radius 3 is 2.58 bits per heavy atom. The topological polar surface area (TPSA) is 72.5 Å². The van der Waals surface area contributed by atoms with Crippen LogP contribution in [0.4, 0.5) is 14.5 Å². The van der Waals surface area contributed by atoms with E-state index in [0.29, 0.717) is 11.3 Å². The van der Waals surface area contributed by atoms with Crippen LogP contribution in [-0.2, 0) is 4.79 Å². The largest absolute Gasteiger partial charge is 0.481 e. The zero-order chi connectivity index (χ0) is 14.0. The molecule has 0 amide bonds. The van der Waals surface area contributed by atoms with Gasteiger partial charge in [0, 0.05) is 5.69 Å². The summed E-state index contributed by atoms with van der Waals surface area (Å²) in [6, 6.07) is 4.02. The molecule has 0 spiro atoms. The molecule has 1 unspecified atom stereocenters. The van der Waals surface area contributed by atoms with Gasteiger partial charge in [0.25, 0.3) is 0 Å². The number of rotatable bonds is 5. The van der Waals surface area contributed by atoms with E-state index in [1.807, 2.05) is 0 Å². The third-order valence-electron chi connectivity index (χ3n) is 3.51. The molecule has 2 rings (SSSR count). The molecule has 1 fully saturated rings. The minimum atomic E-state index is -2.94. The highest BCUT2D eigenvalue weighted by molar-refractivity contribution is 5.79. The number of halogens is 2. The quantitative estimate of drug-likeness (QED) is 0.808. The Kier molecular flexibility index (Phi) is 3.87. The number of benzene rings is 1. The third kappa shape index (κ3) is 2.94. The molecule has 3 N–H and O–H groups in total. The molecule has 0 aromatic heterocycles. The van der Waals surface area contributed by atoms with Crippen LogP contribution in [0, 0.1) is 5.92 Å². The van der Waals surface area contributed by atoms with E-state index in [0.717, 1.165) is 19.3 Å². The van der Waals surface area contributed by atoms with Gasteiger partial charge >= 0.3 is 12.6 Å². The highest BCUT2D eigenvalue weighted by atomic mass is 19.3. The van der Waals surface area contributed by atoms with Crippen molar-refractivity contribution in [2.75, 3.05) is 5.73 Å². The molecule has 6 heteroatoms. The van der Waals surface area contributed by atoms with Gasteiger partial charge in [0.2, 0.25) is 0 Å². The number of carbonyl (C=O) groups is 1. The Morgan fingerprint density at radius 2 is 2.11 bits per heavy atom. The van der Waals surface area contributed by atoms with Crippen LogP contribution >= 0.6 is 0 Å². The lowest BCUT2D eigenvalue weighted by Gasteiger charge is -2.32. The molecule has 1 saturated carbocycles. The predicted molar refractivity (Wildman–Crippen MR) is 65.2 cm³/mol. The van der Waals surface area contributed by atoms with Crippen LogP contribution in [0.1, 0.15) is 30.7 Å². The van der Waals surface area contributed by atoms with Crippen LogP contribution in [0.3, 0.4) is 0 Å². The number of hydrogen-bond donors (Lipinski definition) is 2. The van der Waals surface area contributed by atoms with Gasteiger partial charge in [0.1, 0.15) is 5.75 Å². The summed E-state index contributed by atoms with van der Waals surface area (Å²) in [5.74, 6) is -1.79. The lowest BCUT2D eigenvalue weighted by atomic mass is 9.72. The first-order valence-corrected chi connectivity index (χ1v) is 6.06. The molecule has 1 atom stereocenters. The summed E-state index contributed by atoms with van der Waals surface area (Å²) < 4.78 is 28.6. The third-order valence-corrected chi connectivity index (χ3v) is 3.51. The van der Waals surface area contributed by atoms with E-state index in [9.17, 15) is 18.7 Å². The Labute approximate surface area is 109 Å². The number of alkyl halides is 2. The van der Waals surface area contributed by atoms with Gasteiger partial charge in [0.05, 0.1) is 5.92 Å². The molecule has 1 aromatic carbocycles. The van der Waals surface area contributed by atoms with Gasteiger partial charge in [-0.05, 0) is 42.5 Å². The number of nitrogens with two attached hydrogens (primary N) is 1. The van der Waals surface area contributed by atoms with Crippen molar-refractivity contribution in [3.8, 4) is 5.75 Å². The second kappa shape index (κ2) is 5.42. The summed E-state index contributed by atoms with van der Waals surface area (Å²) in [6.45, 7) is -2.94. The minimum absolute atomic E-state index is 0.0154. The number of anilines is 1. The normalized spacial score (nSPS) is 17.0. The Balaban J connectivity index is 2.32. The van der Waals surface area contributed by atoms with Crippen molar-refractivity contribution in [2.45, 2.75) is 31.8 Å². The van der Waals surface area contributed by atoms with Gasteiger partial charge in [-0.25, -0.2) is 0 Å². The monoisotopic (exact) mass is 271 g/mol. The molecule has 0 saturated heterocycles. The van der Waals surface area contributed by atoms with E-state index in [1.54, 1.807) is 0 Å². The summed E-state index contributed by atoms with van der Waals surface area (Å²) in [7, 11) is 0. The molecule has 0 aliphatic heterocycles. The van der Waals surface area contributed by atoms with Crippen LogP contribution in [0.2, 0.25) is 0 Å². The van der Waals surface area contributed by atoms with Gasteiger partial charge in [-0.1, -0.05) is 6.42 Å². The average molecular weight is 271 g/mol. The molecule has 0 bridgehead atoms. The highest BCUT2D eigenvalue weighted by Crippen LogP contribution is 2.42. The van der Waals surface area contributed by atoms with Crippen molar-refractivity contribution in [3.05, 3.63) is 23.8 Å². The zero-order valence-electron chi connectivity index (χ0n) is 10.2. The van der Waals surface area contributed by atoms with E-state index in [-0.39, 0.29) is 11.7 Å². The number of carboxylic acids is 1. The number of ether oxygens (including phenoxy) is 1. The summed E-state index contributed by atoms with van der Waals surface area (Å²) >= 11 is 0. The van der Waals surface area contributed by atoms with Crippen LogP contribution in [0.5, 0.6) is 5.75 Å². The minimum Gasteiger partial charge on any atom is -0.481 e. The smallest absolute Gasteiger partial charge is 0.387 e.